The summed E-state index contributed by atoms with van der Waals surface area (Å²) < 4.78 is 5.28. The Morgan fingerprint density at radius 3 is 2.67 bits per heavy atom. The zero-order valence-corrected chi connectivity index (χ0v) is 12.3. The quantitative estimate of drug-likeness (QED) is 0.828. The molecule has 21 heavy (non-hydrogen) atoms. The lowest BCUT2D eigenvalue weighted by Crippen LogP contribution is -2.40. The van der Waals surface area contributed by atoms with E-state index >= 15 is 0 Å². The number of nitrogens with zero attached hydrogens (tertiary/aromatic N) is 2. The minimum absolute atomic E-state index is 0.0249. The number of benzene rings is 1. The van der Waals surface area contributed by atoms with Crippen LogP contribution in [0.1, 0.15) is 29.3 Å². The number of hydrogen-bond acceptors (Lipinski definition) is 3. The van der Waals surface area contributed by atoms with Gasteiger partial charge in [0.15, 0.2) is 0 Å². The number of carbonyl (C=O) groups excluding carboxylic acids is 2. The third kappa shape index (κ3) is 2.65. The molecule has 0 bridgehead atoms. The Labute approximate surface area is 124 Å². The highest BCUT2D eigenvalue weighted by atomic mass is 16.5. The molecule has 2 aliphatic rings. The molecule has 5 nitrogen and oxygen atoms in total. The standard InChI is InChI=1S/C16H20N2O3/c1-2-15(19)18-6-5-12-3-4-13(11-14(12)18)16(20)17-7-9-21-10-8-17/h3-4,11H,2,5-10H2,1H3. The lowest BCUT2D eigenvalue weighted by molar-refractivity contribution is -0.118. The average molecular weight is 288 g/mol. The lowest BCUT2D eigenvalue weighted by Gasteiger charge is -2.27. The monoisotopic (exact) mass is 288 g/mol. The molecular weight excluding hydrogens is 268 g/mol. The molecule has 2 heterocycles. The molecule has 5 heteroatoms. The maximum atomic E-state index is 12.5. The first-order chi connectivity index (χ1) is 10.2. The third-order valence-electron chi connectivity index (χ3n) is 4.13. The minimum atomic E-state index is 0.0249. The molecule has 2 amide bonds. The first kappa shape index (κ1) is 14.1. The van der Waals surface area contributed by atoms with Crippen LogP contribution in [0.15, 0.2) is 18.2 Å². The molecule has 112 valence electrons. The molecule has 0 aromatic heterocycles. The van der Waals surface area contributed by atoms with Crippen molar-refractivity contribution in [3.63, 3.8) is 0 Å². The number of morpholine rings is 1. The van der Waals surface area contributed by atoms with Gasteiger partial charge in [0.2, 0.25) is 5.91 Å². The van der Waals surface area contributed by atoms with E-state index in [-0.39, 0.29) is 11.8 Å². The van der Waals surface area contributed by atoms with Gasteiger partial charge in [0.05, 0.1) is 13.2 Å². The summed E-state index contributed by atoms with van der Waals surface area (Å²) in [5, 5.41) is 0. The van der Waals surface area contributed by atoms with Crippen LogP contribution in [-0.4, -0.2) is 49.6 Å². The predicted molar refractivity (Wildman–Crippen MR) is 79.5 cm³/mol. The number of carbonyl (C=O) groups is 2. The van der Waals surface area contributed by atoms with Gasteiger partial charge < -0.3 is 14.5 Å². The maximum Gasteiger partial charge on any atom is 0.254 e. The van der Waals surface area contributed by atoms with Gasteiger partial charge in [0, 0.05) is 37.3 Å². The molecule has 0 saturated carbocycles. The fourth-order valence-corrected chi connectivity index (χ4v) is 2.91. The highest BCUT2D eigenvalue weighted by Crippen LogP contribution is 2.30. The molecular formula is C16H20N2O3. The first-order valence-electron chi connectivity index (χ1n) is 7.51. The van der Waals surface area contributed by atoms with Crippen molar-refractivity contribution in [1.82, 2.24) is 4.90 Å². The maximum absolute atomic E-state index is 12.5. The van der Waals surface area contributed by atoms with Crippen LogP contribution in [0.3, 0.4) is 0 Å². The number of hydrogen-bond donors (Lipinski definition) is 0. The van der Waals surface area contributed by atoms with Crippen LogP contribution in [0.4, 0.5) is 5.69 Å². The largest absolute Gasteiger partial charge is 0.378 e. The van der Waals surface area contributed by atoms with Gasteiger partial charge in [0.1, 0.15) is 0 Å². The van der Waals surface area contributed by atoms with Gasteiger partial charge in [-0.05, 0) is 24.1 Å². The Hall–Kier alpha value is -1.88. The number of anilines is 1. The normalized spacial score (nSPS) is 17.8. The molecule has 1 aromatic carbocycles. The predicted octanol–water partition coefficient (Wildman–Crippen LogP) is 1.46. The highest BCUT2D eigenvalue weighted by Gasteiger charge is 2.26. The van der Waals surface area contributed by atoms with E-state index in [1.54, 1.807) is 4.90 Å². The zero-order valence-electron chi connectivity index (χ0n) is 12.3. The van der Waals surface area contributed by atoms with Crippen molar-refractivity contribution in [1.29, 1.82) is 0 Å². The van der Waals surface area contributed by atoms with Gasteiger partial charge in [-0.2, -0.15) is 0 Å². The number of fused-ring (bicyclic) bond motifs is 1. The molecule has 0 radical (unpaired) electrons. The second-order valence-corrected chi connectivity index (χ2v) is 5.40. The summed E-state index contributed by atoms with van der Waals surface area (Å²) >= 11 is 0. The van der Waals surface area contributed by atoms with Crippen LogP contribution in [0.2, 0.25) is 0 Å². The first-order valence-corrected chi connectivity index (χ1v) is 7.51. The van der Waals surface area contributed by atoms with Gasteiger partial charge in [-0.25, -0.2) is 0 Å². The molecule has 1 aromatic rings. The van der Waals surface area contributed by atoms with Gasteiger partial charge >= 0.3 is 0 Å². The summed E-state index contributed by atoms with van der Waals surface area (Å²) in [5.41, 5.74) is 2.71. The van der Waals surface area contributed by atoms with Crippen molar-refractivity contribution in [3.8, 4) is 0 Å². The Morgan fingerprint density at radius 2 is 1.95 bits per heavy atom. The molecule has 0 unspecified atom stereocenters. The van der Waals surface area contributed by atoms with Crippen molar-refractivity contribution >= 4 is 17.5 Å². The van der Waals surface area contributed by atoms with E-state index < -0.39 is 0 Å². The number of amides is 2. The third-order valence-corrected chi connectivity index (χ3v) is 4.13. The molecule has 1 fully saturated rings. The van der Waals surface area contributed by atoms with E-state index in [1.165, 1.54) is 0 Å². The topological polar surface area (TPSA) is 49.9 Å². The van der Waals surface area contributed by atoms with Crippen molar-refractivity contribution in [2.75, 3.05) is 37.7 Å². The lowest BCUT2D eigenvalue weighted by atomic mass is 10.1. The Morgan fingerprint density at radius 1 is 1.19 bits per heavy atom. The van der Waals surface area contributed by atoms with Gasteiger partial charge in [-0.1, -0.05) is 13.0 Å². The van der Waals surface area contributed by atoms with Crippen molar-refractivity contribution in [2.45, 2.75) is 19.8 Å². The van der Waals surface area contributed by atoms with Crippen LogP contribution >= 0.6 is 0 Å². The summed E-state index contributed by atoms with van der Waals surface area (Å²) in [6, 6.07) is 5.72. The summed E-state index contributed by atoms with van der Waals surface area (Å²) in [7, 11) is 0. The summed E-state index contributed by atoms with van der Waals surface area (Å²) in [4.78, 5) is 28.1. The molecule has 2 aliphatic heterocycles. The molecule has 3 rings (SSSR count). The van der Waals surface area contributed by atoms with Gasteiger partial charge in [-0.3, -0.25) is 9.59 Å². The zero-order chi connectivity index (χ0) is 14.8. The molecule has 0 spiro atoms. The Bertz CT molecular complexity index is 565. The van der Waals surface area contributed by atoms with E-state index in [0.29, 0.717) is 38.3 Å². The van der Waals surface area contributed by atoms with Crippen LogP contribution in [0, 0.1) is 0 Å². The van der Waals surface area contributed by atoms with E-state index in [9.17, 15) is 9.59 Å². The molecule has 0 atom stereocenters. The van der Waals surface area contributed by atoms with Crippen LogP contribution in [0.5, 0.6) is 0 Å². The van der Waals surface area contributed by atoms with Crippen LogP contribution < -0.4 is 4.90 Å². The summed E-state index contributed by atoms with van der Waals surface area (Å²) in [5.74, 6) is 0.140. The summed E-state index contributed by atoms with van der Waals surface area (Å²) in [6.07, 6.45) is 1.36. The average Bonchev–Trinajstić information content (AvgIpc) is 2.97. The number of rotatable bonds is 2. The molecule has 0 aliphatic carbocycles. The Balaban J connectivity index is 1.85. The van der Waals surface area contributed by atoms with Gasteiger partial charge in [-0.15, -0.1) is 0 Å². The van der Waals surface area contributed by atoms with E-state index in [2.05, 4.69) is 0 Å². The molecule has 1 saturated heterocycles. The van der Waals surface area contributed by atoms with Crippen molar-refractivity contribution in [3.05, 3.63) is 29.3 Å². The van der Waals surface area contributed by atoms with E-state index in [1.807, 2.05) is 30.0 Å². The van der Waals surface area contributed by atoms with Crippen molar-refractivity contribution in [2.24, 2.45) is 0 Å². The minimum Gasteiger partial charge on any atom is -0.378 e. The second-order valence-electron chi connectivity index (χ2n) is 5.40. The smallest absolute Gasteiger partial charge is 0.254 e. The Kier molecular flexibility index (Phi) is 3.92. The van der Waals surface area contributed by atoms with Crippen LogP contribution in [-0.2, 0) is 16.0 Å². The van der Waals surface area contributed by atoms with E-state index in [0.717, 1.165) is 24.2 Å². The SMILES string of the molecule is CCC(=O)N1CCc2ccc(C(=O)N3CCOCC3)cc21. The number of ether oxygens (including phenoxy) is 1. The van der Waals surface area contributed by atoms with Crippen LogP contribution in [0.25, 0.3) is 0 Å². The molecule has 0 N–H and O–H groups in total. The fourth-order valence-electron chi connectivity index (χ4n) is 2.91. The van der Waals surface area contributed by atoms with E-state index in [4.69, 9.17) is 4.74 Å². The highest BCUT2D eigenvalue weighted by molar-refractivity contribution is 5.99. The fraction of sp³-hybridized carbons (Fsp3) is 0.500. The van der Waals surface area contributed by atoms with Gasteiger partial charge in [0.25, 0.3) is 5.91 Å². The second kappa shape index (κ2) is 5.85. The van der Waals surface area contributed by atoms with Crippen molar-refractivity contribution < 1.29 is 14.3 Å². The summed E-state index contributed by atoms with van der Waals surface area (Å²) in [6.45, 7) is 5.04.